The van der Waals surface area contributed by atoms with Crippen LogP contribution in [0.5, 0.6) is 0 Å². The second-order valence-corrected chi connectivity index (χ2v) is 2.24. The van der Waals surface area contributed by atoms with Crippen molar-refractivity contribution in [3.05, 3.63) is 23.3 Å². The molecule has 0 aliphatic heterocycles. The van der Waals surface area contributed by atoms with Gasteiger partial charge in [-0.2, -0.15) is 0 Å². The van der Waals surface area contributed by atoms with Gasteiger partial charge in [0.1, 0.15) is 0 Å². The Balaban J connectivity index is 4.73. The van der Waals surface area contributed by atoms with Crippen LogP contribution in [0.25, 0.3) is 0 Å². The van der Waals surface area contributed by atoms with Gasteiger partial charge < -0.3 is 10.9 Å². The summed E-state index contributed by atoms with van der Waals surface area (Å²) in [5.74, 6) is -0.617. The number of primary amides is 1. The average Bonchev–Trinajstić information content (AvgIpc) is 2.03. The highest BCUT2D eigenvalue weighted by molar-refractivity contribution is 6.11. The van der Waals surface area contributed by atoms with Crippen molar-refractivity contribution in [2.24, 2.45) is 10.9 Å². The third-order valence-corrected chi connectivity index (χ3v) is 1.32. The minimum Gasteiger partial charge on any atom is -0.411 e. The first-order valence-electron chi connectivity index (χ1n) is 3.43. The summed E-state index contributed by atoms with van der Waals surface area (Å²) in [5, 5.41) is 10.9. The van der Waals surface area contributed by atoms with Crippen LogP contribution in [0.4, 0.5) is 0 Å². The molecule has 0 aliphatic rings. The second kappa shape index (κ2) is 5.12. The van der Waals surface area contributed by atoms with Crippen molar-refractivity contribution in [1.82, 2.24) is 0 Å². The Bertz CT molecular complexity index is 252. The maximum absolute atomic E-state index is 10.7. The van der Waals surface area contributed by atoms with E-state index in [1.165, 1.54) is 0 Å². The molecule has 0 aromatic rings. The molecule has 0 fully saturated rings. The first kappa shape index (κ1) is 10.4. The van der Waals surface area contributed by atoms with Crippen molar-refractivity contribution < 1.29 is 10.0 Å². The fourth-order valence-electron chi connectivity index (χ4n) is 0.563. The molecular formula is C8H12N2O2. The zero-order valence-electron chi connectivity index (χ0n) is 7.11. The second-order valence-electron chi connectivity index (χ2n) is 2.24. The molecule has 0 unspecified atom stereocenters. The number of hydrogen-bond donors (Lipinski definition) is 2. The summed E-state index contributed by atoms with van der Waals surface area (Å²) < 4.78 is 0. The van der Waals surface area contributed by atoms with E-state index in [0.717, 1.165) is 11.8 Å². The molecule has 0 bridgehead atoms. The van der Waals surface area contributed by atoms with Gasteiger partial charge in [0, 0.05) is 0 Å². The van der Waals surface area contributed by atoms with E-state index in [9.17, 15) is 4.79 Å². The van der Waals surface area contributed by atoms with Crippen LogP contribution >= 0.6 is 0 Å². The van der Waals surface area contributed by atoms with Crippen LogP contribution in [-0.2, 0) is 4.79 Å². The van der Waals surface area contributed by atoms with E-state index in [0.29, 0.717) is 0 Å². The van der Waals surface area contributed by atoms with Crippen molar-refractivity contribution >= 4 is 12.1 Å². The van der Waals surface area contributed by atoms with Crippen molar-refractivity contribution in [3.63, 3.8) is 0 Å². The highest BCUT2D eigenvalue weighted by Crippen LogP contribution is 1.99. The first-order chi connectivity index (χ1) is 5.61. The molecule has 1 amide bonds. The van der Waals surface area contributed by atoms with Crippen LogP contribution in [0.2, 0.25) is 0 Å². The molecule has 0 aromatic heterocycles. The van der Waals surface area contributed by atoms with E-state index in [1.807, 2.05) is 19.9 Å². The molecule has 4 nitrogen and oxygen atoms in total. The zero-order valence-corrected chi connectivity index (χ0v) is 7.11. The van der Waals surface area contributed by atoms with Gasteiger partial charge in [-0.25, -0.2) is 0 Å². The number of nitrogens with zero attached hydrogens (tertiary/aromatic N) is 1. The molecule has 0 aliphatic carbocycles. The van der Waals surface area contributed by atoms with Gasteiger partial charge in [0.05, 0.1) is 11.8 Å². The molecule has 12 heavy (non-hydrogen) atoms. The van der Waals surface area contributed by atoms with Crippen LogP contribution in [0.1, 0.15) is 13.8 Å². The molecule has 0 atom stereocenters. The van der Waals surface area contributed by atoms with Crippen LogP contribution < -0.4 is 5.73 Å². The van der Waals surface area contributed by atoms with Crippen molar-refractivity contribution in [1.29, 1.82) is 0 Å². The Morgan fingerprint density at radius 3 is 2.50 bits per heavy atom. The lowest BCUT2D eigenvalue weighted by Crippen LogP contribution is -2.14. The van der Waals surface area contributed by atoms with E-state index < -0.39 is 5.91 Å². The number of rotatable bonds is 3. The van der Waals surface area contributed by atoms with Crippen molar-refractivity contribution in [3.8, 4) is 0 Å². The predicted molar refractivity (Wildman–Crippen MR) is 47.0 cm³/mol. The van der Waals surface area contributed by atoms with E-state index >= 15 is 0 Å². The van der Waals surface area contributed by atoms with Gasteiger partial charge in [-0.15, -0.1) is 0 Å². The third-order valence-electron chi connectivity index (χ3n) is 1.32. The molecular weight excluding hydrogens is 156 g/mol. The molecule has 0 saturated heterocycles. The molecule has 0 aromatic carbocycles. The molecule has 4 heteroatoms. The molecule has 0 rings (SSSR count). The summed E-state index contributed by atoms with van der Waals surface area (Å²) in [6, 6.07) is 0. The van der Waals surface area contributed by atoms with Gasteiger partial charge in [0.15, 0.2) is 0 Å². The third kappa shape index (κ3) is 3.55. The Labute approximate surface area is 71.1 Å². The number of amides is 1. The zero-order chi connectivity index (χ0) is 9.56. The summed E-state index contributed by atoms with van der Waals surface area (Å²) in [4.78, 5) is 10.7. The fraction of sp³-hybridized carbons (Fsp3) is 0.250. The SMILES string of the molecule is C\C=C(C)/C=C(\C=N\O)C(N)=O. The Morgan fingerprint density at radius 1 is 1.58 bits per heavy atom. The largest absolute Gasteiger partial charge is 0.411 e. The van der Waals surface area contributed by atoms with E-state index in [1.54, 1.807) is 6.08 Å². The molecule has 0 radical (unpaired) electrons. The fourth-order valence-corrected chi connectivity index (χ4v) is 0.563. The van der Waals surface area contributed by atoms with Crippen molar-refractivity contribution in [2.75, 3.05) is 0 Å². The summed E-state index contributed by atoms with van der Waals surface area (Å²) in [6.45, 7) is 3.65. The van der Waals surface area contributed by atoms with E-state index in [4.69, 9.17) is 10.9 Å². The lowest BCUT2D eigenvalue weighted by molar-refractivity contribution is -0.114. The number of nitrogens with two attached hydrogens (primary N) is 1. The van der Waals surface area contributed by atoms with Gasteiger partial charge in [0.25, 0.3) is 0 Å². The summed E-state index contributed by atoms with van der Waals surface area (Å²) in [6.07, 6.45) is 4.37. The number of carbonyl (C=O) groups excluding carboxylic acids is 1. The minimum absolute atomic E-state index is 0.174. The quantitative estimate of drug-likeness (QED) is 0.215. The number of hydrogen-bond acceptors (Lipinski definition) is 3. The van der Waals surface area contributed by atoms with Gasteiger partial charge in [-0.05, 0) is 19.9 Å². The minimum atomic E-state index is -0.617. The van der Waals surface area contributed by atoms with Crippen LogP contribution in [0.15, 0.2) is 28.5 Å². The topological polar surface area (TPSA) is 75.7 Å². The Morgan fingerprint density at radius 2 is 2.17 bits per heavy atom. The standard InChI is InChI=1S/C8H12N2O2/c1-3-6(2)4-7(5-10-12)8(9)11/h3-5,12H,1-2H3,(H2,9,11)/b6-3-,7-4+,10-5+. The van der Waals surface area contributed by atoms with Crippen molar-refractivity contribution in [2.45, 2.75) is 13.8 Å². The van der Waals surface area contributed by atoms with E-state index in [-0.39, 0.29) is 5.57 Å². The molecule has 0 spiro atoms. The van der Waals surface area contributed by atoms with Gasteiger partial charge in [-0.3, -0.25) is 4.79 Å². The summed E-state index contributed by atoms with van der Waals surface area (Å²) in [5.41, 5.74) is 6.04. The smallest absolute Gasteiger partial charge is 0.250 e. The van der Waals surface area contributed by atoms with Gasteiger partial charge >= 0.3 is 0 Å². The highest BCUT2D eigenvalue weighted by atomic mass is 16.4. The molecule has 3 N–H and O–H groups in total. The summed E-state index contributed by atoms with van der Waals surface area (Å²) in [7, 11) is 0. The van der Waals surface area contributed by atoms with Gasteiger partial charge in [0.2, 0.25) is 5.91 Å². The number of carbonyl (C=O) groups is 1. The maximum Gasteiger partial charge on any atom is 0.250 e. The Hall–Kier alpha value is -1.58. The number of allylic oxidation sites excluding steroid dienone is 3. The first-order valence-corrected chi connectivity index (χ1v) is 3.43. The predicted octanol–water partition coefficient (Wildman–Crippen LogP) is 0.824. The average molecular weight is 168 g/mol. The van der Waals surface area contributed by atoms with Crippen LogP contribution in [0.3, 0.4) is 0 Å². The maximum atomic E-state index is 10.7. The number of oxime groups is 1. The normalized spacial score (nSPS) is 13.8. The van der Waals surface area contributed by atoms with Crippen LogP contribution in [0, 0.1) is 0 Å². The van der Waals surface area contributed by atoms with E-state index in [2.05, 4.69) is 5.16 Å². The monoisotopic (exact) mass is 168 g/mol. The lowest BCUT2D eigenvalue weighted by Gasteiger charge is -1.94. The van der Waals surface area contributed by atoms with Gasteiger partial charge in [-0.1, -0.05) is 16.8 Å². The lowest BCUT2D eigenvalue weighted by atomic mass is 10.2. The molecule has 0 saturated carbocycles. The van der Waals surface area contributed by atoms with Crippen LogP contribution in [-0.4, -0.2) is 17.3 Å². The highest BCUT2D eigenvalue weighted by Gasteiger charge is 2.00. The molecule has 66 valence electrons. The summed E-state index contributed by atoms with van der Waals surface area (Å²) >= 11 is 0. The Kier molecular flexibility index (Phi) is 4.45. The molecule has 0 heterocycles.